The van der Waals surface area contributed by atoms with Crippen molar-refractivity contribution in [2.24, 2.45) is 0 Å². The molecule has 3 unspecified atom stereocenters. The summed E-state index contributed by atoms with van der Waals surface area (Å²) in [5.74, 6) is -1.44. The fourth-order valence-electron chi connectivity index (χ4n) is 0.668. The van der Waals surface area contributed by atoms with Crippen LogP contribution in [-0.2, 0) is 20.9 Å². The Balaban J connectivity index is 4.28. The molecule has 2 N–H and O–H groups in total. The molecule has 0 aromatic heterocycles. The van der Waals surface area contributed by atoms with Gasteiger partial charge >= 0.3 is 0 Å². The van der Waals surface area contributed by atoms with Crippen molar-refractivity contribution >= 4 is 20.9 Å². The van der Waals surface area contributed by atoms with E-state index < -0.39 is 44.6 Å². The van der Waals surface area contributed by atoms with Crippen molar-refractivity contribution in [1.82, 2.24) is 0 Å². The standard InChI is InChI=1S/C6H12O6S2/c1-2-14(11,12)4-6(8)5(7)3-13(9)10/h2,5-8H,1,3-4H2,(H,9,10)/p-1. The second-order valence-corrected chi connectivity index (χ2v) is 5.53. The van der Waals surface area contributed by atoms with E-state index in [9.17, 15) is 17.2 Å². The molecule has 0 aliphatic heterocycles. The number of aliphatic hydroxyl groups excluding tert-OH is 2. The van der Waals surface area contributed by atoms with Crippen molar-refractivity contribution in [2.45, 2.75) is 12.2 Å². The molecule has 0 amide bonds. The van der Waals surface area contributed by atoms with E-state index >= 15 is 0 Å². The number of hydrogen-bond acceptors (Lipinski definition) is 6. The van der Waals surface area contributed by atoms with Crippen LogP contribution in [0.4, 0.5) is 0 Å². The molecule has 0 spiro atoms. The molecule has 3 atom stereocenters. The molecule has 0 radical (unpaired) electrons. The molecule has 0 aliphatic rings. The van der Waals surface area contributed by atoms with Crippen LogP contribution in [0.25, 0.3) is 0 Å². The van der Waals surface area contributed by atoms with E-state index in [-0.39, 0.29) is 0 Å². The lowest BCUT2D eigenvalue weighted by atomic mass is 10.3. The van der Waals surface area contributed by atoms with Crippen LogP contribution in [0.1, 0.15) is 0 Å². The van der Waals surface area contributed by atoms with Gasteiger partial charge in [-0.05, 0) is 0 Å². The molecule has 0 heterocycles. The van der Waals surface area contributed by atoms with Crippen LogP contribution in [0, 0.1) is 0 Å². The van der Waals surface area contributed by atoms with Gasteiger partial charge in [0.1, 0.15) is 0 Å². The summed E-state index contributed by atoms with van der Waals surface area (Å²) in [5.41, 5.74) is 0. The van der Waals surface area contributed by atoms with E-state index in [0.717, 1.165) is 0 Å². The van der Waals surface area contributed by atoms with Crippen molar-refractivity contribution in [2.75, 3.05) is 11.5 Å². The average molecular weight is 243 g/mol. The van der Waals surface area contributed by atoms with Crippen LogP contribution in [0.2, 0.25) is 0 Å². The lowest BCUT2D eigenvalue weighted by molar-refractivity contribution is 0.0477. The molecule has 8 heteroatoms. The highest BCUT2D eigenvalue weighted by Crippen LogP contribution is 2.01. The van der Waals surface area contributed by atoms with Crippen molar-refractivity contribution in [1.29, 1.82) is 0 Å². The van der Waals surface area contributed by atoms with Gasteiger partial charge in [-0.25, -0.2) is 8.42 Å². The second kappa shape index (κ2) is 5.56. The summed E-state index contributed by atoms with van der Waals surface area (Å²) in [6, 6.07) is 0. The monoisotopic (exact) mass is 243 g/mol. The lowest BCUT2D eigenvalue weighted by Crippen LogP contribution is -2.36. The highest BCUT2D eigenvalue weighted by molar-refractivity contribution is 7.94. The Labute approximate surface area is 84.5 Å². The van der Waals surface area contributed by atoms with Gasteiger partial charge in [0.15, 0.2) is 9.84 Å². The highest BCUT2D eigenvalue weighted by Gasteiger charge is 2.21. The summed E-state index contributed by atoms with van der Waals surface area (Å²) < 4.78 is 41.9. The first-order valence-electron chi connectivity index (χ1n) is 3.55. The third kappa shape index (κ3) is 5.45. The molecule has 0 fully saturated rings. The van der Waals surface area contributed by atoms with Crippen LogP contribution in [0.15, 0.2) is 12.0 Å². The van der Waals surface area contributed by atoms with Crippen molar-refractivity contribution in [3.8, 4) is 0 Å². The Morgan fingerprint density at radius 1 is 1.43 bits per heavy atom. The summed E-state index contributed by atoms with van der Waals surface area (Å²) in [4.78, 5) is 0. The van der Waals surface area contributed by atoms with Gasteiger partial charge in [0.05, 0.1) is 18.0 Å². The minimum atomic E-state index is -3.65. The van der Waals surface area contributed by atoms with Crippen molar-refractivity contribution < 1.29 is 27.4 Å². The van der Waals surface area contributed by atoms with Gasteiger partial charge in [-0.3, -0.25) is 4.21 Å². The minimum Gasteiger partial charge on any atom is -0.772 e. The van der Waals surface area contributed by atoms with E-state index in [2.05, 4.69) is 6.58 Å². The van der Waals surface area contributed by atoms with Gasteiger partial charge in [0, 0.05) is 11.2 Å². The molecule has 84 valence electrons. The molecule has 0 aromatic carbocycles. The number of aliphatic hydroxyl groups is 2. The average Bonchev–Trinajstić information content (AvgIpc) is 2.02. The predicted molar refractivity (Wildman–Crippen MR) is 49.8 cm³/mol. The topological polar surface area (TPSA) is 115 Å². The molecule has 0 aliphatic carbocycles. The number of sulfone groups is 1. The Morgan fingerprint density at radius 2 is 1.93 bits per heavy atom. The van der Waals surface area contributed by atoms with Crippen LogP contribution < -0.4 is 0 Å². The lowest BCUT2D eigenvalue weighted by Gasteiger charge is -2.17. The summed E-state index contributed by atoms with van der Waals surface area (Å²) in [6.07, 6.45) is -3.24. The van der Waals surface area contributed by atoms with Gasteiger partial charge < -0.3 is 14.8 Å². The molecule has 14 heavy (non-hydrogen) atoms. The predicted octanol–water partition coefficient (Wildman–Crippen LogP) is -1.85. The Kier molecular flexibility index (Phi) is 5.45. The van der Waals surface area contributed by atoms with Gasteiger partial charge in [0.2, 0.25) is 0 Å². The first-order chi connectivity index (χ1) is 6.28. The van der Waals surface area contributed by atoms with E-state index in [0.29, 0.717) is 5.41 Å². The largest absolute Gasteiger partial charge is 0.772 e. The van der Waals surface area contributed by atoms with Gasteiger partial charge in [-0.15, -0.1) is 0 Å². The maximum Gasteiger partial charge on any atom is 0.173 e. The summed E-state index contributed by atoms with van der Waals surface area (Å²) >= 11 is -2.53. The summed E-state index contributed by atoms with van der Waals surface area (Å²) in [7, 11) is -3.65. The van der Waals surface area contributed by atoms with Gasteiger partial charge in [-0.1, -0.05) is 17.7 Å². The highest BCUT2D eigenvalue weighted by atomic mass is 32.2. The van der Waals surface area contributed by atoms with Crippen LogP contribution >= 0.6 is 0 Å². The minimum absolute atomic E-state index is 0.636. The molecule has 0 saturated carbocycles. The third-order valence-corrected chi connectivity index (χ3v) is 3.34. The fourth-order valence-corrected chi connectivity index (χ4v) is 2.00. The van der Waals surface area contributed by atoms with Gasteiger partial charge in [-0.2, -0.15) is 0 Å². The first kappa shape index (κ1) is 13.7. The van der Waals surface area contributed by atoms with E-state index in [1.807, 2.05) is 0 Å². The summed E-state index contributed by atoms with van der Waals surface area (Å²) in [5, 5.41) is 18.7. The second-order valence-electron chi connectivity index (χ2n) is 2.60. The SMILES string of the molecule is C=CS(=O)(=O)CC(O)C(O)CS(=O)[O-]. The molecular weight excluding hydrogens is 232 g/mol. The van der Waals surface area contributed by atoms with Crippen molar-refractivity contribution in [3.05, 3.63) is 12.0 Å². The number of rotatable bonds is 6. The fraction of sp³-hybridized carbons (Fsp3) is 0.667. The van der Waals surface area contributed by atoms with Crippen LogP contribution in [0.5, 0.6) is 0 Å². The van der Waals surface area contributed by atoms with E-state index in [4.69, 9.17) is 10.2 Å². The zero-order chi connectivity index (χ0) is 11.4. The van der Waals surface area contributed by atoms with E-state index in [1.165, 1.54) is 0 Å². The quantitative estimate of drug-likeness (QED) is 0.529. The molecule has 6 nitrogen and oxygen atoms in total. The zero-order valence-electron chi connectivity index (χ0n) is 7.20. The summed E-state index contributed by atoms with van der Waals surface area (Å²) in [6.45, 7) is 3.00. The normalized spacial score (nSPS) is 18.5. The first-order valence-corrected chi connectivity index (χ1v) is 6.51. The number of hydrogen-bond donors (Lipinski definition) is 2. The molecule has 0 aromatic rings. The maximum atomic E-state index is 10.9. The Bertz CT molecular complexity index is 308. The molecule has 0 saturated heterocycles. The maximum absolute atomic E-state index is 10.9. The van der Waals surface area contributed by atoms with Gasteiger partial charge in [0.25, 0.3) is 0 Å². The Morgan fingerprint density at radius 3 is 2.29 bits per heavy atom. The zero-order valence-corrected chi connectivity index (χ0v) is 8.83. The smallest absolute Gasteiger partial charge is 0.173 e. The molecular formula is C6H11O6S2-. The van der Waals surface area contributed by atoms with Crippen LogP contribution in [0.3, 0.4) is 0 Å². The molecule has 0 rings (SSSR count). The third-order valence-electron chi connectivity index (χ3n) is 1.41. The van der Waals surface area contributed by atoms with Crippen molar-refractivity contribution in [3.63, 3.8) is 0 Å². The van der Waals surface area contributed by atoms with E-state index in [1.54, 1.807) is 0 Å². The van der Waals surface area contributed by atoms with Crippen LogP contribution in [-0.4, -0.2) is 51.1 Å². The Hall–Kier alpha value is -0.280. The molecule has 0 bridgehead atoms.